The van der Waals surface area contributed by atoms with Crippen LogP contribution in [0.5, 0.6) is 17.2 Å². The van der Waals surface area contributed by atoms with E-state index >= 15 is 0 Å². The van der Waals surface area contributed by atoms with Crippen LogP contribution in [0.3, 0.4) is 0 Å². The van der Waals surface area contributed by atoms with Crippen LogP contribution in [-0.2, 0) is 6.54 Å². The Morgan fingerprint density at radius 2 is 1.71 bits per heavy atom. The fourth-order valence-corrected chi connectivity index (χ4v) is 3.70. The van der Waals surface area contributed by atoms with E-state index < -0.39 is 0 Å². The second-order valence-corrected chi connectivity index (χ2v) is 7.14. The second-order valence-electron chi connectivity index (χ2n) is 6.75. The summed E-state index contributed by atoms with van der Waals surface area (Å²) < 4.78 is 16.1. The van der Waals surface area contributed by atoms with Crippen molar-refractivity contribution in [2.75, 3.05) is 52.8 Å². The number of hydrogen-bond acceptors (Lipinski definition) is 4. The zero-order valence-electron chi connectivity index (χ0n) is 16.7. The molecule has 0 amide bonds. The standard InChI is InChI=1S/C21H27N3O3S/c1-25-18-6-4-5-17(14-18)22-21(28)24-11-9-23(10-12-24)15-16-13-19(26-2)7-8-20(16)27-3/h4-8,13-14H,9-12,15H2,1-3H3,(H,22,28)/p+1. The van der Waals surface area contributed by atoms with Gasteiger partial charge in [-0.15, -0.1) is 0 Å². The highest BCUT2D eigenvalue weighted by atomic mass is 32.1. The van der Waals surface area contributed by atoms with Gasteiger partial charge in [0.2, 0.25) is 0 Å². The van der Waals surface area contributed by atoms with E-state index in [9.17, 15) is 0 Å². The van der Waals surface area contributed by atoms with Gasteiger partial charge in [0.25, 0.3) is 0 Å². The van der Waals surface area contributed by atoms with Gasteiger partial charge in [0, 0.05) is 11.8 Å². The van der Waals surface area contributed by atoms with Crippen molar-refractivity contribution in [3.63, 3.8) is 0 Å². The third-order valence-corrected chi connectivity index (χ3v) is 5.37. The molecule has 28 heavy (non-hydrogen) atoms. The molecular weight excluding hydrogens is 374 g/mol. The number of methoxy groups -OCH3 is 3. The summed E-state index contributed by atoms with van der Waals surface area (Å²) in [5.74, 6) is 2.58. The monoisotopic (exact) mass is 402 g/mol. The molecule has 3 rings (SSSR count). The summed E-state index contributed by atoms with van der Waals surface area (Å²) in [6.45, 7) is 4.76. The van der Waals surface area contributed by atoms with Gasteiger partial charge in [0.1, 0.15) is 23.8 Å². The average molecular weight is 403 g/mol. The lowest BCUT2D eigenvalue weighted by Gasteiger charge is -2.34. The predicted octanol–water partition coefficient (Wildman–Crippen LogP) is 1.81. The number of benzene rings is 2. The number of hydrogen-bond donors (Lipinski definition) is 2. The van der Waals surface area contributed by atoms with Gasteiger partial charge in [-0.2, -0.15) is 0 Å². The number of nitrogens with one attached hydrogen (secondary N) is 2. The number of anilines is 1. The van der Waals surface area contributed by atoms with E-state index in [0.717, 1.165) is 60.8 Å². The molecule has 1 fully saturated rings. The Kier molecular flexibility index (Phi) is 6.95. The fraction of sp³-hybridized carbons (Fsp3) is 0.381. The van der Waals surface area contributed by atoms with Crippen molar-refractivity contribution in [3.05, 3.63) is 48.0 Å². The summed E-state index contributed by atoms with van der Waals surface area (Å²) in [6, 6.07) is 13.8. The third-order valence-electron chi connectivity index (χ3n) is 5.01. The third kappa shape index (κ3) is 5.05. The minimum absolute atomic E-state index is 0.756. The van der Waals surface area contributed by atoms with Gasteiger partial charge >= 0.3 is 0 Å². The van der Waals surface area contributed by atoms with Crippen molar-refractivity contribution in [2.24, 2.45) is 0 Å². The van der Waals surface area contributed by atoms with Gasteiger partial charge < -0.3 is 29.3 Å². The molecule has 0 saturated carbocycles. The first-order chi connectivity index (χ1) is 13.6. The molecule has 0 aromatic heterocycles. The quantitative estimate of drug-likeness (QED) is 0.719. The molecule has 0 atom stereocenters. The van der Waals surface area contributed by atoms with Crippen LogP contribution < -0.4 is 24.4 Å². The molecule has 150 valence electrons. The van der Waals surface area contributed by atoms with Crippen LogP contribution in [-0.4, -0.2) is 57.5 Å². The molecule has 7 heteroatoms. The number of piperazine rings is 1. The highest BCUT2D eigenvalue weighted by Gasteiger charge is 2.23. The zero-order chi connectivity index (χ0) is 19.9. The van der Waals surface area contributed by atoms with Crippen LogP contribution in [0.2, 0.25) is 0 Å². The molecule has 2 N–H and O–H groups in total. The Bertz CT molecular complexity index is 807. The maximum atomic E-state index is 5.60. The van der Waals surface area contributed by atoms with Crippen molar-refractivity contribution >= 4 is 23.0 Å². The first-order valence-electron chi connectivity index (χ1n) is 9.37. The largest absolute Gasteiger partial charge is 0.497 e. The van der Waals surface area contributed by atoms with E-state index in [1.54, 1.807) is 21.3 Å². The van der Waals surface area contributed by atoms with Crippen molar-refractivity contribution in [1.29, 1.82) is 0 Å². The summed E-state index contributed by atoms with van der Waals surface area (Å²) >= 11 is 5.60. The fourth-order valence-electron chi connectivity index (χ4n) is 3.40. The van der Waals surface area contributed by atoms with Gasteiger partial charge in [0.15, 0.2) is 5.11 Å². The normalized spacial score (nSPS) is 14.5. The van der Waals surface area contributed by atoms with Gasteiger partial charge in [-0.25, -0.2) is 0 Å². The summed E-state index contributed by atoms with van der Waals surface area (Å²) in [4.78, 5) is 3.73. The molecule has 2 aromatic carbocycles. The van der Waals surface area contributed by atoms with E-state index in [1.807, 2.05) is 36.4 Å². The molecule has 1 saturated heterocycles. The molecule has 0 spiro atoms. The Balaban J connectivity index is 1.55. The average Bonchev–Trinajstić information content (AvgIpc) is 2.74. The van der Waals surface area contributed by atoms with Crippen molar-refractivity contribution in [2.45, 2.75) is 6.54 Å². The molecule has 0 aliphatic carbocycles. The Labute approximate surface area is 172 Å². The lowest BCUT2D eigenvalue weighted by molar-refractivity contribution is -0.917. The predicted molar refractivity (Wildman–Crippen MR) is 115 cm³/mol. The molecule has 1 aliphatic rings. The highest BCUT2D eigenvalue weighted by Crippen LogP contribution is 2.23. The molecule has 6 nitrogen and oxygen atoms in total. The van der Waals surface area contributed by atoms with Crippen LogP contribution >= 0.6 is 12.2 Å². The molecule has 0 unspecified atom stereocenters. The summed E-state index contributed by atoms with van der Waals surface area (Å²) in [5, 5.41) is 4.07. The van der Waals surface area contributed by atoms with Crippen LogP contribution in [0.25, 0.3) is 0 Å². The Hall–Kier alpha value is -2.51. The Morgan fingerprint density at radius 3 is 2.39 bits per heavy atom. The van der Waals surface area contributed by atoms with Crippen molar-refractivity contribution in [1.82, 2.24) is 4.90 Å². The summed E-state index contributed by atoms with van der Waals surface area (Å²) in [6.07, 6.45) is 0. The lowest BCUT2D eigenvalue weighted by atomic mass is 10.1. The smallest absolute Gasteiger partial charge is 0.173 e. The molecule has 2 aromatic rings. The second kappa shape index (κ2) is 9.61. The van der Waals surface area contributed by atoms with Crippen LogP contribution in [0, 0.1) is 0 Å². The molecular formula is C21H28N3O3S+. The van der Waals surface area contributed by atoms with E-state index in [4.69, 9.17) is 26.4 Å². The maximum absolute atomic E-state index is 5.60. The SMILES string of the molecule is COc1cccc(NC(=S)N2CC[NH+](Cc3cc(OC)ccc3OC)CC2)c1. The van der Waals surface area contributed by atoms with Crippen molar-refractivity contribution < 1.29 is 19.1 Å². The van der Waals surface area contributed by atoms with Gasteiger partial charge in [-0.05, 0) is 42.5 Å². The minimum atomic E-state index is 0.756. The minimum Gasteiger partial charge on any atom is -0.497 e. The first kappa shape index (κ1) is 20.2. The zero-order valence-corrected chi connectivity index (χ0v) is 17.5. The molecule has 1 heterocycles. The number of rotatable bonds is 6. The molecule has 0 radical (unpaired) electrons. The van der Waals surface area contributed by atoms with Crippen LogP contribution in [0.1, 0.15) is 5.56 Å². The van der Waals surface area contributed by atoms with Crippen LogP contribution in [0.15, 0.2) is 42.5 Å². The van der Waals surface area contributed by atoms with E-state index in [1.165, 1.54) is 10.5 Å². The van der Waals surface area contributed by atoms with E-state index in [-0.39, 0.29) is 0 Å². The first-order valence-corrected chi connectivity index (χ1v) is 9.78. The number of quaternary nitrogens is 1. The number of nitrogens with zero attached hydrogens (tertiary/aromatic N) is 1. The number of thiocarbonyl (C=S) groups is 1. The van der Waals surface area contributed by atoms with E-state index in [2.05, 4.69) is 16.3 Å². The lowest BCUT2D eigenvalue weighted by Crippen LogP contribution is -3.13. The summed E-state index contributed by atoms with van der Waals surface area (Å²) in [7, 11) is 5.06. The van der Waals surface area contributed by atoms with Crippen molar-refractivity contribution in [3.8, 4) is 17.2 Å². The van der Waals surface area contributed by atoms with Gasteiger partial charge in [0.05, 0.1) is 53.1 Å². The number of ether oxygens (including phenoxy) is 3. The molecule has 0 bridgehead atoms. The highest BCUT2D eigenvalue weighted by molar-refractivity contribution is 7.80. The van der Waals surface area contributed by atoms with E-state index in [0.29, 0.717) is 0 Å². The topological polar surface area (TPSA) is 47.4 Å². The van der Waals surface area contributed by atoms with Gasteiger partial charge in [-0.1, -0.05) is 6.07 Å². The van der Waals surface area contributed by atoms with Gasteiger partial charge in [-0.3, -0.25) is 0 Å². The Morgan fingerprint density at radius 1 is 1.00 bits per heavy atom. The molecule has 1 aliphatic heterocycles. The van der Waals surface area contributed by atoms with Crippen LogP contribution in [0.4, 0.5) is 5.69 Å². The summed E-state index contributed by atoms with van der Waals surface area (Å²) in [5.41, 5.74) is 2.11. The maximum Gasteiger partial charge on any atom is 0.173 e.